The van der Waals surface area contributed by atoms with Gasteiger partial charge in [-0.2, -0.15) is 0 Å². The number of thiazole rings is 1. The third-order valence-corrected chi connectivity index (χ3v) is 5.78. The van der Waals surface area contributed by atoms with E-state index in [1.54, 1.807) is 0 Å². The van der Waals surface area contributed by atoms with Crippen molar-refractivity contribution in [3.8, 4) is 17.2 Å². The van der Waals surface area contributed by atoms with Crippen LogP contribution in [0.1, 0.15) is 24.0 Å². The Morgan fingerprint density at radius 2 is 1.76 bits per heavy atom. The summed E-state index contributed by atoms with van der Waals surface area (Å²) in [6.07, 6.45) is 0. The van der Waals surface area contributed by atoms with Crippen molar-refractivity contribution in [2.75, 3.05) is 11.9 Å². The number of nitrogens with zero attached hydrogens (tertiary/aromatic N) is 1. The minimum atomic E-state index is -0.456. The maximum atomic E-state index is 13.3. The van der Waals surface area contributed by atoms with E-state index in [-0.39, 0.29) is 5.91 Å². The summed E-state index contributed by atoms with van der Waals surface area (Å²) in [4.78, 5) is 17.9. The summed E-state index contributed by atoms with van der Waals surface area (Å²) in [5, 5.41) is 3.58. The fourth-order valence-corrected chi connectivity index (χ4v) is 4.48. The lowest BCUT2D eigenvalue weighted by molar-refractivity contribution is -0.116. The molecule has 0 atom stereocenters. The maximum Gasteiger partial charge on any atom is 0.238 e. The number of hydrogen-bond acceptors (Lipinski definition) is 5. The average molecular weight is 402 g/mol. The first-order chi connectivity index (χ1) is 14.2. The van der Waals surface area contributed by atoms with Gasteiger partial charge in [0, 0.05) is 11.1 Å². The first-order valence-electron chi connectivity index (χ1n) is 9.43. The smallest absolute Gasteiger partial charge is 0.238 e. The van der Waals surface area contributed by atoms with Gasteiger partial charge in [-0.1, -0.05) is 47.7 Å². The number of amides is 1. The zero-order chi connectivity index (χ0) is 19.8. The number of para-hydroxylation sites is 2. The second kappa shape index (κ2) is 7.22. The van der Waals surface area contributed by atoms with E-state index in [0.29, 0.717) is 23.2 Å². The highest BCUT2D eigenvalue weighted by Gasteiger charge is 2.32. The molecule has 5 nitrogen and oxygen atoms in total. The highest BCUT2D eigenvalue weighted by atomic mass is 32.1. The van der Waals surface area contributed by atoms with Gasteiger partial charge < -0.3 is 14.8 Å². The van der Waals surface area contributed by atoms with Gasteiger partial charge in [-0.15, -0.1) is 0 Å². The Balaban J connectivity index is 1.49. The molecule has 6 heteroatoms. The van der Waals surface area contributed by atoms with Gasteiger partial charge in [-0.25, -0.2) is 4.98 Å². The van der Waals surface area contributed by atoms with Crippen LogP contribution in [0.3, 0.4) is 0 Å². The predicted molar refractivity (Wildman–Crippen MR) is 114 cm³/mol. The normalized spacial score (nSPS) is 12.7. The van der Waals surface area contributed by atoms with E-state index in [2.05, 4.69) is 10.3 Å². The van der Waals surface area contributed by atoms with E-state index >= 15 is 0 Å². The molecule has 0 fully saturated rings. The van der Waals surface area contributed by atoms with Crippen molar-refractivity contribution in [2.45, 2.75) is 12.8 Å². The van der Waals surface area contributed by atoms with Crippen LogP contribution in [-0.4, -0.2) is 17.5 Å². The van der Waals surface area contributed by atoms with Gasteiger partial charge in [0.15, 0.2) is 5.13 Å². The molecule has 0 unspecified atom stereocenters. The number of hydrogen-bond donors (Lipinski definition) is 1. The van der Waals surface area contributed by atoms with E-state index in [9.17, 15) is 4.79 Å². The predicted octanol–water partition coefficient (Wildman–Crippen LogP) is 5.57. The van der Waals surface area contributed by atoms with Crippen LogP contribution < -0.4 is 14.8 Å². The molecule has 1 amide bonds. The topological polar surface area (TPSA) is 60.5 Å². The second-order valence-electron chi connectivity index (χ2n) is 6.68. The van der Waals surface area contributed by atoms with Crippen LogP contribution in [0, 0.1) is 0 Å². The number of nitrogens with one attached hydrogen (secondary N) is 1. The molecule has 0 saturated heterocycles. The Bertz CT molecular complexity index is 1170. The molecule has 1 aliphatic heterocycles. The van der Waals surface area contributed by atoms with Crippen molar-refractivity contribution >= 4 is 32.6 Å². The zero-order valence-corrected chi connectivity index (χ0v) is 16.5. The number of rotatable bonds is 4. The molecule has 0 radical (unpaired) electrons. The summed E-state index contributed by atoms with van der Waals surface area (Å²) in [5.41, 5.74) is 2.54. The average Bonchev–Trinajstić information content (AvgIpc) is 3.13. The Kier molecular flexibility index (Phi) is 4.41. The molecule has 1 N–H and O–H groups in total. The van der Waals surface area contributed by atoms with Crippen molar-refractivity contribution in [1.29, 1.82) is 0 Å². The lowest BCUT2D eigenvalue weighted by Gasteiger charge is -2.27. The van der Waals surface area contributed by atoms with Crippen molar-refractivity contribution in [1.82, 2.24) is 4.98 Å². The molecule has 0 spiro atoms. The van der Waals surface area contributed by atoms with Crippen LogP contribution in [0.25, 0.3) is 10.2 Å². The molecule has 0 bridgehead atoms. The molecular formula is C23H18N2O3S. The van der Waals surface area contributed by atoms with Gasteiger partial charge in [0.1, 0.15) is 17.2 Å². The van der Waals surface area contributed by atoms with E-state index in [1.807, 2.05) is 73.7 Å². The molecule has 2 heterocycles. The van der Waals surface area contributed by atoms with Crippen LogP contribution in [0.15, 0.2) is 66.7 Å². The second-order valence-corrected chi connectivity index (χ2v) is 7.71. The number of anilines is 1. The minimum absolute atomic E-state index is 0.128. The van der Waals surface area contributed by atoms with Gasteiger partial charge >= 0.3 is 0 Å². The summed E-state index contributed by atoms with van der Waals surface area (Å²) in [6.45, 7) is 2.56. The number of aromatic nitrogens is 1. The molecule has 0 aliphatic carbocycles. The highest BCUT2D eigenvalue weighted by molar-refractivity contribution is 7.22. The first kappa shape index (κ1) is 17.7. The Morgan fingerprint density at radius 3 is 2.45 bits per heavy atom. The summed E-state index contributed by atoms with van der Waals surface area (Å²) in [5.74, 6) is 1.63. The van der Waals surface area contributed by atoms with E-state index in [0.717, 1.165) is 27.1 Å². The number of fused-ring (bicyclic) bond motifs is 3. The monoisotopic (exact) mass is 402 g/mol. The van der Waals surface area contributed by atoms with Crippen molar-refractivity contribution < 1.29 is 14.3 Å². The van der Waals surface area contributed by atoms with Gasteiger partial charge in [0.05, 0.1) is 22.7 Å². The summed E-state index contributed by atoms with van der Waals surface area (Å²) < 4.78 is 12.5. The van der Waals surface area contributed by atoms with E-state index < -0.39 is 5.92 Å². The van der Waals surface area contributed by atoms with Crippen molar-refractivity contribution in [3.63, 3.8) is 0 Å². The molecule has 1 aromatic heterocycles. The quantitative estimate of drug-likeness (QED) is 0.485. The van der Waals surface area contributed by atoms with Crippen LogP contribution in [0.4, 0.5) is 5.13 Å². The highest BCUT2D eigenvalue weighted by Crippen LogP contribution is 2.44. The molecule has 29 heavy (non-hydrogen) atoms. The van der Waals surface area contributed by atoms with Crippen LogP contribution in [-0.2, 0) is 4.79 Å². The lowest BCUT2D eigenvalue weighted by Crippen LogP contribution is -2.24. The zero-order valence-electron chi connectivity index (χ0n) is 15.7. The van der Waals surface area contributed by atoms with E-state index in [1.165, 1.54) is 11.3 Å². The molecule has 3 aromatic carbocycles. The van der Waals surface area contributed by atoms with Gasteiger partial charge in [-0.05, 0) is 37.3 Å². The summed E-state index contributed by atoms with van der Waals surface area (Å²) in [7, 11) is 0. The standard InChI is InChI=1S/C23H18N2O3S/c1-2-27-14-11-12-17-20(13-14)29-23(24-17)25-22(26)21-15-7-3-5-9-18(15)28-19-10-6-4-8-16(19)21/h3-13,21H,2H2,1H3,(H,24,25,26). The lowest BCUT2D eigenvalue weighted by atomic mass is 9.87. The number of carbonyl (C=O) groups excluding carboxylic acids is 1. The molecule has 4 aromatic rings. The Labute approximate surface area is 171 Å². The minimum Gasteiger partial charge on any atom is -0.494 e. The van der Waals surface area contributed by atoms with Crippen LogP contribution in [0.5, 0.6) is 17.2 Å². The van der Waals surface area contributed by atoms with Crippen molar-refractivity contribution in [2.24, 2.45) is 0 Å². The Morgan fingerprint density at radius 1 is 1.07 bits per heavy atom. The largest absolute Gasteiger partial charge is 0.494 e. The third kappa shape index (κ3) is 3.21. The third-order valence-electron chi connectivity index (χ3n) is 4.84. The number of benzene rings is 3. The van der Waals surface area contributed by atoms with Crippen molar-refractivity contribution in [3.05, 3.63) is 77.9 Å². The molecular weight excluding hydrogens is 384 g/mol. The molecule has 1 aliphatic rings. The molecule has 5 rings (SSSR count). The van der Waals surface area contributed by atoms with Crippen LogP contribution in [0.2, 0.25) is 0 Å². The molecule has 144 valence electrons. The summed E-state index contributed by atoms with van der Waals surface area (Å²) in [6, 6.07) is 21.0. The summed E-state index contributed by atoms with van der Waals surface area (Å²) >= 11 is 1.44. The molecule has 0 saturated carbocycles. The van der Waals surface area contributed by atoms with Gasteiger partial charge in [0.2, 0.25) is 5.91 Å². The van der Waals surface area contributed by atoms with Crippen LogP contribution >= 0.6 is 11.3 Å². The van der Waals surface area contributed by atoms with Gasteiger partial charge in [-0.3, -0.25) is 4.79 Å². The van der Waals surface area contributed by atoms with E-state index in [4.69, 9.17) is 9.47 Å². The fraction of sp³-hybridized carbons (Fsp3) is 0.130. The maximum absolute atomic E-state index is 13.3. The number of carbonyl (C=O) groups is 1. The Hall–Kier alpha value is -3.38. The van der Waals surface area contributed by atoms with Gasteiger partial charge in [0.25, 0.3) is 0 Å². The number of ether oxygens (including phenoxy) is 2. The SMILES string of the molecule is CCOc1ccc2nc(NC(=O)C3c4ccccc4Oc4ccccc43)sc2c1. The first-order valence-corrected chi connectivity index (χ1v) is 10.2. The fourth-order valence-electron chi connectivity index (χ4n) is 3.58.